The molecule has 154 valence electrons. The van der Waals surface area contributed by atoms with Crippen LogP contribution in [0.15, 0.2) is 18.2 Å². The maximum atomic E-state index is 13.9. The van der Waals surface area contributed by atoms with Gasteiger partial charge in [-0.2, -0.15) is 40.2 Å². The molecule has 1 amide bonds. The van der Waals surface area contributed by atoms with Crippen molar-refractivity contribution in [1.82, 2.24) is 9.78 Å². The Morgan fingerprint density at radius 1 is 1.11 bits per heavy atom. The second kappa shape index (κ2) is 6.60. The molecule has 0 radical (unpaired) electrons. The number of nitrogens with one attached hydrogen (secondary N) is 1. The number of aromatic nitrogens is 2. The van der Waals surface area contributed by atoms with Gasteiger partial charge in [0.1, 0.15) is 11.4 Å². The van der Waals surface area contributed by atoms with Crippen molar-refractivity contribution in [3.63, 3.8) is 0 Å². The average molecular weight is 420 g/mol. The quantitative estimate of drug-likeness (QED) is 0.581. The highest BCUT2D eigenvalue weighted by molar-refractivity contribution is 6.05. The van der Waals surface area contributed by atoms with Crippen LogP contribution in [0.5, 0.6) is 0 Å². The zero-order chi connectivity index (χ0) is 21.7. The Labute approximate surface area is 149 Å². The van der Waals surface area contributed by atoms with Crippen molar-refractivity contribution in [2.24, 2.45) is 7.05 Å². The number of anilines is 2. The van der Waals surface area contributed by atoms with E-state index in [1.807, 2.05) is 0 Å². The highest BCUT2D eigenvalue weighted by Gasteiger charge is 2.64. The number of nitrogens with two attached hydrogens (primary N) is 1. The highest BCUT2D eigenvalue weighted by atomic mass is 19.4. The second-order valence-electron chi connectivity index (χ2n) is 5.43. The molecule has 0 fully saturated rings. The number of alkyl halides is 8. The number of carbonyl (C=O) groups is 1. The summed E-state index contributed by atoms with van der Waals surface area (Å²) in [5, 5.41) is 4.05. The monoisotopic (exact) mass is 420 g/mol. The number of hydrogen-bond acceptors (Lipinski definition) is 3. The number of rotatable bonds is 3. The van der Waals surface area contributed by atoms with E-state index in [4.69, 9.17) is 5.73 Å². The molecule has 14 heteroatoms. The second-order valence-corrected chi connectivity index (χ2v) is 5.43. The summed E-state index contributed by atoms with van der Waals surface area (Å²) in [7, 11) is 0.594. The molecule has 0 unspecified atom stereocenters. The Kier molecular flexibility index (Phi) is 5.03. The third-order valence-electron chi connectivity index (χ3n) is 3.49. The Bertz CT molecular complexity index is 915. The lowest BCUT2D eigenvalue weighted by Crippen LogP contribution is -2.36. The van der Waals surface area contributed by atoms with Crippen molar-refractivity contribution in [3.05, 3.63) is 40.8 Å². The first-order valence-corrected chi connectivity index (χ1v) is 7.03. The van der Waals surface area contributed by atoms with Gasteiger partial charge in [-0.1, -0.05) is 6.07 Å². The Balaban J connectivity index is 2.66. The van der Waals surface area contributed by atoms with E-state index in [0.29, 0.717) is 7.05 Å². The molecular formula is C14H9F9N4O. The minimum absolute atomic E-state index is 0.0279. The number of nitrogen functional groups attached to an aromatic ring is 1. The largest absolute Gasteiger partial charge is 0.458 e. The normalized spacial score (nSPS) is 12.9. The van der Waals surface area contributed by atoms with Gasteiger partial charge in [-0.05, 0) is 12.1 Å². The fourth-order valence-electron chi connectivity index (χ4n) is 2.21. The minimum Gasteiger partial charge on any atom is -0.396 e. The first-order valence-electron chi connectivity index (χ1n) is 7.03. The molecule has 2 rings (SSSR count). The number of benzene rings is 1. The average Bonchev–Trinajstić information content (AvgIpc) is 2.86. The Morgan fingerprint density at radius 3 is 2.18 bits per heavy atom. The van der Waals surface area contributed by atoms with E-state index < -0.39 is 58.3 Å². The molecule has 2 aromatic rings. The van der Waals surface area contributed by atoms with Gasteiger partial charge in [0, 0.05) is 7.05 Å². The maximum absolute atomic E-state index is 13.9. The van der Waals surface area contributed by atoms with Crippen molar-refractivity contribution in [3.8, 4) is 0 Å². The molecule has 1 heterocycles. The molecule has 1 aromatic carbocycles. The smallest absolute Gasteiger partial charge is 0.396 e. The molecule has 28 heavy (non-hydrogen) atoms. The van der Waals surface area contributed by atoms with E-state index >= 15 is 0 Å². The van der Waals surface area contributed by atoms with Crippen LogP contribution in [0.3, 0.4) is 0 Å². The van der Waals surface area contributed by atoms with E-state index in [2.05, 4.69) is 5.10 Å². The van der Waals surface area contributed by atoms with Crippen molar-refractivity contribution >= 4 is 17.4 Å². The van der Waals surface area contributed by atoms with Gasteiger partial charge in [-0.3, -0.25) is 9.48 Å². The molecule has 5 nitrogen and oxygen atoms in total. The van der Waals surface area contributed by atoms with Crippen LogP contribution in [0.1, 0.15) is 21.6 Å². The standard InChI is InChI=1S/C14H9F9N4O/c1-27-10(25-11(28)5-3-2-4-6(24)8(5)15)7(9(26-27)13(18,19)20)12(16,17)14(21,22)23/h2-4H,24H2,1H3,(H,25,28). The van der Waals surface area contributed by atoms with Crippen LogP contribution in [-0.2, 0) is 19.1 Å². The molecule has 0 bridgehead atoms. The molecule has 0 aliphatic carbocycles. The zero-order valence-corrected chi connectivity index (χ0v) is 13.5. The SMILES string of the molecule is Cn1nc(C(F)(F)F)c(C(F)(F)C(F)(F)F)c1NC(=O)c1cccc(N)c1F. The van der Waals surface area contributed by atoms with Gasteiger partial charge in [-0.15, -0.1) is 0 Å². The van der Waals surface area contributed by atoms with Crippen LogP contribution in [-0.4, -0.2) is 21.9 Å². The third-order valence-corrected chi connectivity index (χ3v) is 3.49. The molecular weight excluding hydrogens is 411 g/mol. The van der Waals surface area contributed by atoms with Crippen molar-refractivity contribution in [1.29, 1.82) is 0 Å². The first kappa shape index (κ1) is 21.4. The third kappa shape index (κ3) is 3.57. The summed E-state index contributed by atoms with van der Waals surface area (Å²) in [6.07, 6.45) is -12.1. The first-order chi connectivity index (χ1) is 12.6. The molecule has 0 saturated carbocycles. The predicted molar refractivity (Wildman–Crippen MR) is 76.9 cm³/mol. The zero-order valence-electron chi connectivity index (χ0n) is 13.5. The van der Waals surface area contributed by atoms with Crippen LogP contribution in [0.25, 0.3) is 0 Å². The number of hydrogen-bond donors (Lipinski definition) is 2. The number of carbonyl (C=O) groups excluding carboxylic acids is 1. The fraction of sp³-hybridized carbons (Fsp3) is 0.286. The summed E-state index contributed by atoms with van der Waals surface area (Å²) in [5.74, 6) is -10.6. The van der Waals surface area contributed by atoms with Crippen molar-refractivity contribution in [2.75, 3.05) is 11.1 Å². The maximum Gasteiger partial charge on any atom is 0.458 e. The van der Waals surface area contributed by atoms with Gasteiger partial charge < -0.3 is 11.1 Å². The topological polar surface area (TPSA) is 72.9 Å². The minimum atomic E-state index is -6.43. The van der Waals surface area contributed by atoms with E-state index in [-0.39, 0.29) is 4.68 Å². The number of nitrogens with zero attached hydrogens (tertiary/aromatic N) is 2. The van der Waals surface area contributed by atoms with Gasteiger partial charge in [0.05, 0.1) is 11.3 Å². The number of halogens is 9. The van der Waals surface area contributed by atoms with Crippen LogP contribution < -0.4 is 11.1 Å². The summed E-state index contributed by atoms with van der Waals surface area (Å²) in [6.45, 7) is 0. The van der Waals surface area contributed by atoms with Crippen LogP contribution in [0.2, 0.25) is 0 Å². The van der Waals surface area contributed by atoms with Crippen molar-refractivity contribution in [2.45, 2.75) is 18.3 Å². The summed E-state index contributed by atoms with van der Waals surface area (Å²) in [4.78, 5) is 12.1. The summed E-state index contributed by atoms with van der Waals surface area (Å²) in [5.41, 5.74) is -1.42. The summed E-state index contributed by atoms with van der Waals surface area (Å²) in [6, 6.07) is 2.87. The lowest BCUT2D eigenvalue weighted by atomic mass is 10.1. The molecule has 0 aliphatic rings. The molecule has 0 spiro atoms. The summed E-state index contributed by atoms with van der Waals surface area (Å²) < 4.78 is 118. The lowest BCUT2D eigenvalue weighted by molar-refractivity contribution is -0.290. The van der Waals surface area contributed by atoms with Gasteiger partial charge >= 0.3 is 18.3 Å². The van der Waals surface area contributed by atoms with Crippen LogP contribution >= 0.6 is 0 Å². The fourth-order valence-corrected chi connectivity index (χ4v) is 2.21. The Morgan fingerprint density at radius 2 is 1.68 bits per heavy atom. The molecule has 0 aliphatic heterocycles. The van der Waals surface area contributed by atoms with E-state index in [1.54, 1.807) is 0 Å². The van der Waals surface area contributed by atoms with Gasteiger partial charge in [0.15, 0.2) is 11.5 Å². The Hall–Kier alpha value is -2.93. The molecule has 0 atom stereocenters. The molecule has 3 N–H and O–H groups in total. The highest BCUT2D eigenvalue weighted by Crippen LogP contribution is 2.50. The van der Waals surface area contributed by atoms with E-state index in [9.17, 15) is 44.3 Å². The van der Waals surface area contributed by atoms with Crippen LogP contribution in [0.4, 0.5) is 51.0 Å². The van der Waals surface area contributed by atoms with Gasteiger partial charge in [0.2, 0.25) is 0 Å². The number of amides is 1. The number of aryl methyl sites for hydroxylation is 1. The predicted octanol–water partition coefficient (Wildman–Crippen LogP) is 4.07. The van der Waals surface area contributed by atoms with E-state index in [0.717, 1.165) is 18.2 Å². The van der Waals surface area contributed by atoms with Crippen LogP contribution in [0, 0.1) is 5.82 Å². The van der Waals surface area contributed by atoms with Gasteiger partial charge in [-0.25, -0.2) is 4.39 Å². The molecule has 0 saturated heterocycles. The van der Waals surface area contributed by atoms with E-state index in [1.165, 1.54) is 5.32 Å². The lowest BCUT2D eigenvalue weighted by Gasteiger charge is -2.22. The van der Waals surface area contributed by atoms with Gasteiger partial charge in [0.25, 0.3) is 5.91 Å². The van der Waals surface area contributed by atoms with Crippen molar-refractivity contribution < 1.29 is 44.3 Å². The summed E-state index contributed by atoms with van der Waals surface area (Å²) >= 11 is 0. The molecule has 1 aromatic heterocycles.